The summed E-state index contributed by atoms with van der Waals surface area (Å²) in [5, 5.41) is 19.2. The molecule has 0 aliphatic carbocycles. The van der Waals surface area contributed by atoms with E-state index >= 15 is 0 Å². The molecule has 96 valence electrons. The molecule has 0 fully saturated rings. The Kier molecular flexibility index (Phi) is 2.65. The second-order valence-electron chi connectivity index (χ2n) is 5.14. The first-order chi connectivity index (χ1) is 8.24. The summed E-state index contributed by atoms with van der Waals surface area (Å²) in [5.41, 5.74) is 1.40. The average molecular weight is 248 g/mol. The number of benzene rings is 1. The quantitative estimate of drug-likeness (QED) is 0.488. The van der Waals surface area contributed by atoms with Crippen molar-refractivity contribution in [3.8, 4) is 0 Å². The summed E-state index contributed by atoms with van der Waals surface area (Å²) < 4.78 is 13.5. The Hall–Kier alpha value is -1.91. The standard InChI is InChI=1S/C13H17FN4/c1-7-5-9(14)6-10-11(7)18(8(2)15)12(16)13(3,4)17-10/h5-6,15-17H,1-4H3. The van der Waals surface area contributed by atoms with Crippen LogP contribution in [-0.2, 0) is 0 Å². The van der Waals surface area contributed by atoms with Crippen molar-refractivity contribution >= 4 is 23.0 Å². The van der Waals surface area contributed by atoms with E-state index in [1.54, 1.807) is 18.7 Å². The second-order valence-corrected chi connectivity index (χ2v) is 5.14. The minimum Gasteiger partial charge on any atom is -0.371 e. The molecule has 1 aliphatic rings. The van der Waals surface area contributed by atoms with Crippen molar-refractivity contribution in [3.63, 3.8) is 0 Å². The third-order valence-electron chi connectivity index (χ3n) is 3.09. The molecule has 5 heteroatoms. The monoisotopic (exact) mass is 248 g/mol. The number of hydrogen-bond acceptors (Lipinski definition) is 3. The van der Waals surface area contributed by atoms with Crippen LogP contribution in [0.4, 0.5) is 15.8 Å². The SMILES string of the molecule is CC(=N)N1C(=N)C(C)(C)Nc2cc(F)cc(C)c21. The first-order valence-electron chi connectivity index (χ1n) is 5.76. The fourth-order valence-corrected chi connectivity index (χ4v) is 2.25. The van der Waals surface area contributed by atoms with Crippen molar-refractivity contribution in [2.75, 3.05) is 10.2 Å². The highest BCUT2D eigenvalue weighted by molar-refractivity contribution is 6.23. The fourth-order valence-electron chi connectivity index (χ4n) is 2.25. The topological polar surface area (TPSA) is 63.0 Å². The van der Waals surface area contributed by atoms with Gasteiger partial charge in [0.25, 0.3) is 0 Å². The van der Waals surface area contributed by atoms with Crippen LogP contribution >= 0.6 is 0 Å². The second kappa shape index (κ2) is 3.80. The normalized spacial score (nSPS) is 17.2. The lowest BCUT2D eigenvalue weighted by Crippen LogP contribution is -2.55. The third-order valence-corrected chi connectivity index (χ3v) is 3.09. The first kappa shape index (κ1) is 12.5. The molecule has 3 N–H and O–H groups in total. The number of amidine groups is 2. The van der Waals surface area contributed by atoms with E-state index in [4.69, 9.17) is 10.8 Å². The third kappa shape index (κ3) is 1.75. The predicted octanol–water partition coefficient (Wildman–Crippen LogP) is 3.12. The van der Waals surface area contributed by atoms with E-state index in [0.717, 1.165) is 0 Å². The molecule has 0 unspecified atom stereocenters. The van der Waals surface area contributed by atoms with Crippen molar-refractivity contribution in [2.45, 2.75) is 33.2 Å². The Bertz CT molecular complexity index is 548. The minimum absolute atomic E-state index is 0.255. The minimum atomic E-state index is -0.629. The van der Waals surface area contributed by atoms with Crippen LogP contribution in [0.5, 0.6) is 0 Å². The molecule has 18 heavy (non-hydrogen) atoms. The fraction of sp³-hybridized carbons (Fsp3) is 0.385. The Morgan fingerprint density at radius 1 is 1.39 bits per heavy atom. The van der Waals surface area contributed by atoms with E-state index in [9.17, 15) is 4.39 Å². The van der Waals surface area contributed by atoms with Crippen LogP contribution in [0.1, 0.15) is 26.3 Å². The summed E-state index contributed by atoms with van der Waals surface area (Å²) in [6, 6.07) is 2.83. The van der Waals surface area contributed by atoms with Crippen molar-refractivity contribution in [1.29, 1.82) is 10.8 Å². The summed E-state index contributed by atoms with van der Waals surface area (Å²) in [6.07, 6.45) is 0. The van der Waals surface area contributed by atoms with Gasteiger partial charge < -0.3 is 5.32 Å². The highest BCUT2D eigenvalue weighted by Gasteiger charge is 2.37. The zero-order chi connectivity index (χ0) is 13.7. The highest BCUT2D eigenvalue weighted by atomic mass is 19.1. The Labute approximate surface area is 106 Å². The lowest BCUT2D eigenvalue weighted by Gasteiger charge is -2.42. The predicted molar refractivity (Wildman–Crippen MR) is 72.4 cm³/mol. The molecule has 0 spiro atoms. The molecule has 0 radical (unpaired) electrons. The molecule has 0 bridgehead atoms. The molecule has 2 rings (SSSR count). The summed E-state index contributed by atoms with van der Waals surface area (Å²) >= 11 is 0. The van der Waals surface area contributed by atoms with Crippen LogP contribution in [0.25, 0.3) is 0 Å². The molecule has 1 aromatic rings. The molecule has 0 atom stereocenters. The van der Waals surface area contributed by atoms with Gasteiger partial charge in [-0.2, -0.15) is 0 Å². The number of anilines is 2. The number of aryl methyl sites for hydroxylation is 1. The van der Waals surface area contributed by atoms with Crippen LogP contribution in [0.3, 0.4) is 0 Å². The zero-order valence-electron chi connectivity index (χ0n) is 11.0. The summed E-state index contributed by atoms with van der Waals surface area (Å²) in [6.45, 7) is 7.09. The van der Waals surface area contributed by atoms with E-state index in [1.165, 1.54) is 12.1 Å². The van der Waals surface area contributed by atoms with Gasteiger partial charge in [-0.1, -0.05) is 0 Å². The lowest BCUT2D eigenvalue weighted by atomic mass is 9.95. The van der Waals surface area contributed by atoms with Crippen LogP contribution in [0.15, 0.2) is 12.1 Å². The average Bonchev–Trinajstić information content (AvgIpc) is 2.19. The molecule has 1 aromatic carbocycles. The zero-order valence-corrected chi connectivity index (χ0v) is 11.0. The highest BCUT2D eigenvalue weighted by Crippen LogP contribution is 2.38. The number of nitrogens with zero attached hydrogens (tertiary/aromatic N) is 1. The summed E-state index contributed by atoms with van der Waals surface area (Å²) in [4.78, 5) is 1.56. The maximum Gasteiger partial charge on any atom is 0.132 e. The van der Waals surface area contributed by atoms with Gasteiger partial charge in [-0.15, -0.1) is 0 Å². The van der Waals surface area contributed by atoms with Crippen molar-refractivity contribution < 1.29 is 4.39 Å². The van der Waals surface area contributed by atoms with Gasteiger partial charge in [0.15, 0.2) is 0 Å². The summed E-state index contributed by atoms with van der Waals surface area (Å²) in [7, 11) is 0. The molecule has 1 aliphatic heterocycles. The van der Waals surface area contributed by atoms with E-state index in [2.05, 4.69) is 5.32 Å². The Balaban J connectivity index is 2.71. The number of hydrogen-bond donors (Lipinski definition) is 3. The molecule has 0 saturated heterocycles. The van der Waals surface area contributed by atoms with Crippen molar-refractivity contribution in [1.82, 2.24) is 0 Å². The van der Waals surface area contributed by atoms with Crippen molar-refractivity contribution in [3.05, 3.63) is 23.5 Å². The van der Waals surface area contributed by atoms with Gasteiger partial charge >= 0.3 is 0 Å². The van der Waals surface area contributed by atoms with E-state index in [0.29, 0.717) is 16.9 Å². The summed E-state index contributed by atoms with van der Waals surface area (Å²) in [5.74, 6) is 0.230. The molecule has 4 nitrogen and oxygen atoms in total. The molecule has 0 amide bonds. The van der Waals surface area contributed by atoms with E-state index < -0.39 is 5.54 Å². The largest absolute Gasteiger partial charge is 0.371 e. The van der Waals surface area contributed by atoms with Gasteiger partial charge in [0.2, 0.25) is 0 Å². The van der Waals surface area contributed by atoms with E-state index in [-0.39, 0.29) is 17.5 Å². The Morgan fingerprint density at radius 2 is 2.00 bits per heavy atom. The van der Waals surface area contributed by atoms with Gasteiger partial charge in [-0.3, -0.25) is 15.7 Å². The molecule has 0 aromatic heterocycles. The first-order valence-corrected chi connectivity index (χ1v) is 5.76. The Morgan fingerprint density at radius 3 is 2.56 bits per heavy atom. The van der Waals surface area contributed by atoms with Crippen molar-refractivity contribution in [2.24, 2.45) is 0 Å². The lowest BCUT2D eigenvalue weighted by molar-refractivity contribution is 0.625. The molecule has 1 heterocycles. The van der Waals surface area contributed by atoms with Crippen LogP contribution in [0, 0.1) is 23.6 Å². The van der Waals surface area contributed by atoms with Gasteiger partial charge in [0.1, 0.15) is 17.5 Å². The van der Waals surface area contributed by atoms with Crippen LogP contribution in [-0.4, -0.2) is 17.2 Å². The number of nitrogens with one attached hydrogen (secondary N) is 3. The van der Waals surface area contributed by atoms with Crippen LogP contribution in [0.2, 0.25) is 0 Å². The van der Waals surface area contributed by atoms with Gasteiger partial charge in [0.05, 0.1) is 16.9 Å². The van der Waals surface area contributed by atoms with Gasteiger partial charge in [-0.25, -0.2) is 4.39 Å². The number of rotatable bonds is 0. The van der Waals surface area contributed by atoms with Crippen LogP contribution < -0.4 is 10.2 Å². The molecule has 0 saturated carbocycles. The molecular weight excluding hydrogens is 231 g/mol. The molecular formula is C13H17FN4. The number of fused-ring (bicyclic) bond motifs is 1. The maximum atomic E-state index is 13.5. The van der Waals surface area contributed by atoms with Gasteiger partial charge in [0, 0.05) is 0 Å². The van der Waals surface area contributed by atoms with Gasteiger partial charge in [-0.05, 0) is 45.4 Å². The maximum absolute atomic E-state index is 13.5. The number of halogens is 1. The van der Waals surface area contributed by atoms with E-state index in [1.807, 2.05) is 13.8 Å². The smallest absolute Gasteiger partial charge is 0.132 e.